The average molecular weight is 306 g/mol. The molecular weight excluding hydrogens is 290 g/mol. The molecular formula is C11H16BrNO2S. The lowest BCUT2D eigenvalue weighted by molar-refractivity contribution is 0.578. The van der Waals surface area contributed by atoms with Crippen LogP contribution in [0, 0.1) is 0 Å². The fraction of sp³-hybridized carbons (Fsp3) is 0.455. The molecule has 1 N–H and O–H groups in total. The summed E-state index contributed by atoms with van der Waals surface area (Å²) >= 11 is 3.38. The van der Waals surface area contributed by atoms with E-state index in [1.165, 1.54) is 0 Å². The molecule has 0 bridgehead atoms. The van der Waals surface area contributed by atoms with Crippen molar-refractivity contribution in [3.05, 3.63) is 34.3 Å². The van der Waals surface area contributed by atoms with Gasteiger partial charge in [-0.05, 0) is 18.1 Å². The highest BCUT2D eigenvalue weighted by Crippen LogP contribution is 2.15. The highest BCUT2D eigenvalue weighted by Gasteiger charge is 2.09. The van der Waals surface area contributed by atoms with Crippen molar-refractivity contribution < 1.29 is 8.42 Å². The Kier molecular flexibility index (Phi) is 5.44. The minimum absolute atomic E-state index is 0.202. The summed E-state index contributed by atoms with van der Waals surface area (Å²) in [5, 5.41) is 0. The number of rotatable bonds is 6. The molecule has 0 spiro atoms. The summed E-state index contributed by atoms with van der Waals surface area (Å²) in [7, 11) is -3.13. The first kappa shape index (κ1) is 13.7. The summed E-state index contributed by atoms with van der Waals surface area (Å²) in [4.78, 5) is 0. The van der Waals surface area contributed by atoms with Gasteiger partial charge in [0, 0.05) is 11.0 Å². The number of hydrogen-bond donors (Lipinski definition) is 1. The van der Waals surface area contributed by atoms with E-state index in [4.69, 9.17) is 0 Å². The van der Waals surface area contributed by atoms with Gasteiger partial charge in [0.1, 0.15) is 0 Å². The summed E-state index contributed by atoms with van der Waals surface area (Å²) in [6.07, 6.45) is 1.58. The van der Waals surface area contributed by atoms with Gasteiger partial charge in [-0.15, -0.1) is 0 Å². The lowest BCUT2D eigenvalue weighted by Crippen LogP contribution is -2.26. The van der Waals surface area contributed by atoms with Crippen molar-refractivity contribution in [2.75, 3.05) is 5.75 Å². The number of unbranched alkanes of at least 4 members (excludes halogenated alkanes) is 1. The fourth-order valence-electron chi connectivity index (χ4n) is 1.24. The second-order valence-electron chi connectivity index (χ2n) is 3.58. The summed E-state index contributed by atoms with van der Waals surface area (Å²) in [6, 6.07) is 7.59. The van der Waals surface area contributed by atoms with Crippen LogP contribution in [-0.2, 0) is 16.6 Å². The van der Waals surface area contributed by atoms with Crippen LogP contribution in [-0.4, -0.2) is 14.2 Å². The molecule has 0 heterocycles. The second kappa shape index (κ2) is 6.37. The Morgan fingerprint density at radius 3 is 2.62 bits per heavy atom. The second-order valence-corrected chi connectivity index (χ2v) is 6.37. The normalized spacial score (nSPS) is 11.6. The van der Waals surface area contributed by atoms with Gasteiger partial charge in [0.25, 0.3) is 0 Å². The van der Waals surface area contributed by atoms with E-state index in [0.717, 1.165) is 16.5 Å². The standard InChI is InChI=1S/C11H16BrNO2S/c1-2-3-8-16(14,15)13-9-10-6-4-5-7-11(10)12/h4-7,13H,2-3,8-9H2,1H3. The van der Waals surface area contributed by atoms with Gasteiger partial charge in [-0.1, -0.05) is 47.5 Å². The Bertz CT molecular complexity index is 431. The number of sulfonamides is 1. The Balaban J connectivity index is 2.55. The molecule has 0 aliphatic rings. The Morgan fingerprint density at radius 1 is 1.31 bits per heavy atom. The van der Waals surface area contributed by atoms with Crippen LogP contribution in [0.2, 0.25) is 0 Å². The van der Waals surface area contributed by atoms with E-state index in [0.29, 0.717) is 13.0 Å². The SMILES string of the molecule is CCCCS(=O)(=O)NCc1ccccc1Br. The number of halogens is 1. The first-order valence-corrected chi connectivity index (χ1v) is 7.70. The fourth-order valence-corrected chi connectivity index (χ4v) is 2.85. The lowest BCUT2D eigenvalue weighted by Gasteiger charge is -2.07. The molecule has 0 fully saturated rings. The monoisotopic (exact) mass is 305 g/mol. The maximum atomic E-state index is 11.5. The molecule has 0 saturated heterocycles. The van der Waals surface area contributed by atoms with Crippen LogP contribution in [0.5, 0.6) is 0 Å². The molecule has 0 saturated carbocycles. The van der Waals surface area contributed by atoms with E-state index in [9.17, 15) is 8.42 Å². The molecule has 0 aliphatic heterocycles. The Labute approximate surface area is 105 Å². The van der Waals surface area contributed by atoms with Crippen molar-refractivity contribution in [2.24, 2.45) is 0 Å². The van der Waals surface area contributed by atoms with E-state index in [2.05, 4.69) is 20.7 Å². The molecule has 0 aromatic heterocycles. The quantitative estimate of drug-likeness (QED) is 0.878. The summed E-state index contributed by atoms with van der Waals surface area (Å²) < 4.78 is 26.6. The minimum atomic E-state index is -3.13. The zero-order valence-electron chi connectivity index (χ0n) is 9.24. The third-order valence-electron chi connectivity index (χ3n) is 2.21. The molecule has 1 rings (SSSR count). The summed E-state index contributed by atoms with van der Waals surface area (Å²) in [6.45, 7) is 2.32. The van der Waals surface area contributed by atoms with Gasteiger partial charge in [0.15, 0.2) is 0 Å². The molecule has 0 amide bonds. The van der Waals surface area contributed by atoms with Gasteiger partial charge in [-0.2, -0.15) is 0 Å². The van der Waals surface area contributed by atoms with Gasteiger partial charge in [-0.3, -0.25) is 0 Å². The molecule has 90 valence electrons. The highest BCUT2D eigenvalue weighted by atomic mass is 79.9. The van der Waals surface area contributed by atoms with Gasteiger partial charge in [0.05, 0.1) is 5.75 Å². The first-order chi connectivity index (χ1) is 7.55. The molecule has 0 aliphatic carbocycles. The van der Waals surface area contributed by atoms with Gasteiger partial charge in [0.2, 0.25) is 10.0 Å². The van der Waals surface area contributed by atoms with Crippen molar-refractivity contribution in [1.82, 2.24) is 4.72 Å². The predicted octanol–water partition coefficient (Wildman–Crippen LogP) is 2.67. The molecule has 1 aromatic rings. The number of hydrogen-bond acceptors (Lipinski definition) is 2. The van der Waals surface area contributed by atoms with Crippen LogP contribution >= 0.6 is 15.9 Å². The third kappa shape index (κ3) is 4.63. The molecule has 0 radical (unpaired) electrons. The van der Waals surface area contributed by atoms with E-state index in [1.807, 2.05) is 31.2 Å². The van der Waals surface area contributed by atoms with E-state index >= 15 is 0 Å². The van der Waals surface area contributed by atoms with Crippen molar-refractivity contribution in [1.29, 1.82) is 0 Å². The largest absolute Gasteiger partial charge is 0.212 e. The zero-order chi connectivity index (χ0) is 12.0. The molecule has 16 heavy (non-hydrogen) atoms. The Morgan fingerprint density at radius 2 is 2.00 bits per heavy atom. The van der Waals surface area contributed by atoms with Crippen molar-refractivity contribution in [3.63, 3.8) is 0 Å². The highest BCUT2D eigenvalue weighted by molar-refractivity contribution is 9.10. The zero-order valence-corrected chi connectivity index (χ0v) is 11.6. The molecule has 0 unspecified atom stereocenters. The molecule has 0 atom stereocenters. The topological polar surface area (TPSA) is 46.2 Å². The number of nitrogens with one attached hydrogen (secondary N) is 1. The smallest absolute Gasteiger partial charge is 0.211 e. The van der Waals surface area contributed by atoms with Crippen LogP contribution < -0.4 is 4.72 Å². The van der Waals surface area contributed by atoms with Gasteiger partial charge >= 0.3 is 0 Å². The van der Waals surface area contributed by atoms with Gasteiger partial charge < -0.3 is 0 Å². The van der Waals surface area contributed by atoms with Crippen LogP contribution in [0.15, 0.2) is 28.7 Å². The third-order valence-corrected chi connectivity index (χ3v) is 4.39. The van der Waals surface area contributed by atoms with Crippen LogP contribution in [0.3, 0.4) is 0 Å². The van der Waals surface area contributed by atoms with Crippen molar-refractivity contribution >= 4 is 26.0 Å². The number of benzene rings is 1. The Hall–Kier alpha value is -0.390. The average Bonchev–Trinajstić information content (AvgIpc) is 2.26. The van der Waals surface area contributed by atoms with Crippen LogP contribution in [0.25, 0.3) is 0 Å². The van der Waals surface area contributed by atoms with Crippen LogP contribution in [0.4, 0.5) is 0 Å². The van der Waals surface area contributed by atoms with E-state index < -0.39 is 10.0 Å². The maximum absolute atomic E-state index is 11.5. The van der Waals surface area contributed by atoms with E-state index in [-0.39, 0.29) is 5.75 Å². The van der Waals surface area contributed by atoms with Crippen molar-refractivity contribution in [2.45, 2.75) is 26.3 Å². The maximum Gasteiger partial charge on any atom is 0.211 e. The minimum Gasteiger partial charge on any atom is -0.212 e. The predicted molar refractivity (Wildman–Crippen MR) is 69.7 cm³/mol. The van der Waals surface area contributed by atoms with Crippen LogP contribution in [0.1, 0.15) is 25.3 Å². The molecule has 1 aromatic carbocycles. The van der Waals surface area contributed by atoms with Crippen molar-refractivity contribution in [3.8, 4) is 0 Å². The molecule has 3 nitrogen and oxygen atoms in total. The summed E-state index contributed by atoms with van der Waals surface area (Å²) in [5.74, 6) is 0.202. The first-order valence-electron chi connectivity index (χ1n) is 5.26. The lowest BCUT2D eigenvalue weighted by atomic mass is 10.2. The van der Waals surface area contributed by atoms with E-state index in [1.54, 1.807) is 0 Å². The summed E-state index contributed by atoms with van der Waals surface area (Å²) in [5.41, 5.74) is 0.947. The van der Waals surface area contributed by atoms with Gasteiger partial charge in [-0.25, -0.2) is 13.1 Å². The molecule has 5 heteroatoms.